The van der Waals surface area contributed by atoms with Gasteiger partial charge in [-0.25, -0.2) is 0 Å². The third-order valence-electron chi connectivity index (χ3n) is 4.16. The summed E-state index contributed by atoms with van der Waals surface area (Å²) in [5.41, 5.74) is 8.52. The first-order valence-electron chi connectivity index (χ1n) is 6.36. The number of nitrogens with zero attached hydrogens (tertiary/aromatic N) is 1. The van der Waals surface area contributed by atoms with Gasteiger partial charge in [0.1, 0.15) is 0 Å². The molecule has 1 aromatic carbocycles. The van der Waals surface area contributed by atoms with Crippen LogP contribution in [-0.4, -0.2) is 11.0 Å². The minimum absolute atomic E-state index is 0.353. The van der Waals surface area contributed by atoms with Crippen LogP contribution in [0.5, 0.6) is 0 Å². The molecule has 1 fully saturated rings. The Balaban J connectivity index is 2.01. The number of hydrogen-bond acceptors (Lipinski definition) is 2. The SMILES string of the molecule is CC1C(N)CCC1c1cnc2ccccc2c1. The Kier molecular flexibility index (Phi) is 2.60. The fourth-order valence-electron chi connectivity index (χ4n) is 2.96. The van der Waals surface area contributed by atoms with Crippen molar-refractivity contribution in [3.8, 4) is 0 Å². The molecule has 2 nitrogen and oxygen atoms in total. The highest BCUT2D eigenvalue weighted by atomic mass is 14.7. The molecular formula is C15H18N2. The van der Waals surface area contributed by atoms with Gasteiger partial charge in [-0.3, -0.25) is 4.98 Å². The van der Waals surface area contributed by atoms with Crippen LogP contribution in [0.2, 0.25) is 0 Å². The number of hydrogen-bond donors (Lipinski definition) is 1. The molecule has 3 rings (SSSR count). The van der Waals surface area contributed by atoms with E-state index in [9.17, 15) is 0 Å². The van der Waals surface area contributed by atoms with Crippen LogP contribution in [0.15, 0.2) is 36.5 Å². The summed E-state index contributed by atoms with van der Waals surface area (Å²) in [6.45, 7) is 2.26. The first-order chi connectivity index (χ1) is 8.25. The lowest BCUT2D eigenvalue weighted by Crippen LogP contribution is -2.24. The summed E-state index contributed by atoms with van der Waals surface area (Å²) in [6, 6.07) is 10.9. The Hall–Kier alpha value is -1.41. The van der Waals surface area contributed by atoms with Crippen molar-refractivity contribution in [2.24, 2.45) is 11.7 Å². The third kappa shape index (κ3) is 1.83. The number of benzene rings is 1. The molecule has 0 saturated heterocycles. The van der Waals surface area contributed by atoms with Crippen molar-refractivity contribution in [1.82, 2.24) is 4.98 Å². The van der Waals surface area contributed by atoms with Crippen molar-refractivity contribution in [3.63, 3.8) is 0 Å². The van der Waals surface area contributed by atoms with Gasteiger partial charge in [0.2, 0.25) is 0 Å². The van der Waals surface area contributed by atoms with Gasteiger partial charge in [-0.2, -0.15) is 0 Å². The van der Waals surface area contributed by atoms with Crippen molar-refractivity contribution in [1.29, 1.82) is 0 Å². The van der Waals surface area contributed by atoms with Crippen molar-refractivity contribution in [2.45, 2.75) is 31.7 Å². The topological polar surface area (TPSA) is 38.9 Å². The average Bonchev–Trinajstić information content (AvgIpc) is 2.70. The monoisotopic (exact) mass is 226 g/mol. The van der Waals surface area contributed by atoms with Crippen LogP contribution in [0.25, 0.3) is 10.9 Å². The van der Waals surface area contributed by atoms with Crippen molar-refractivity contribution < 1.29 is 0 Å². The zero-order valence-electron chi connectivity index (χ0n) is 10.1. The molecule has 1 aliphatic rings. The highest BCUT2D eigenvalue weighted by Crippen LogP contribution is 2.38. The van der Waals surface area contributed by atoms with Gasteiger partial charge >= 0.3 is 0 Å². The number of rotatable bonds is 1. The molecule has 3 unspecified atom stereocenters. The second kappa shape index (κ2) is 4.11. The molecule has 17 heavy (non-hydrogen) atoms. The summed E-state index contributed by atoms with van der Waals surface area (Å²) in [4.78, 5) is 4.54. The largest absolute Gasteiger partial charge is 0.327 e. The lowest BCUT2D eigenvalue weighted by molar-refractivity contribution is 0.479. The van der Waals surface area contributed by atoms with Gasteiger partial charge in [-0.15, -0.1) is 0 Å². The molecule has 1 heterocycles. The molecule has 2 N–H and O–H groups in total. The quantitative estimate of drug-likeness (QED) is 0.811. The second-order valence-electron chi connectivity index (χ2n) is 5.17. The minimum atomic E-state index is 0.353. The van der Waals surface area contributed by atoms with Gasteiger partial charge in [-0.1, -0.05) is 25.1 Å². The van der Waals surface area contributed by atoms with E-state index in [-0.39, 0.29) is 0 Å². The predicted octanol–water partition coefficient (Wildman–Crippen LogP) is 3.08. The lowest BCUT2D eigenvalue weighted by Gasteiger charge is -2.18. The summed E-state index contributed by atoms with van der Waals surface area (Å²) < 4.78 is 0. The fraction of sp³-hybridized carbons (Fsp3) is 0.400. The molecular weight excluding hydrogens is 208 g/mol. The molecule has 2 aromatic rings. The fourth-order valence-corrected chi connectivity index (χ4v) is 2.96. The molecule has 0 radical (unpaired) electrons. The standard InChI is InChI=1S/C15H18N2/c1-10-13(6-7-14(10)16)12-8-11-4-2-3-5-15(11)17-9-12/h2-5,8-10,13-14H,6-7,16H2,1H3. The summed E-state index contributed by atoms with van der Waals surface area (Å²) in [5.74, 6) is 1.15. The zero-order valence-corrected chi connectivity index (χ0v) is 10.1. The van der Waals surface area contributed by atoms with Gasteiger partial charge in [0, 0.05) is 17.6 Å². The summed E-state index contributed by atoms with van der Waals surface area (Å²) >= 11 is 0. The van der Waals surface area contributed by atoms with Crippen molar-refractivity contribution in [3.05, 3.63) is 42.1 Å². The molecule has 1 aromatic heterocycles. The van der Waals surface area contributed by atoms with Crippen LogP contribution in [0.4, 0.5) is 0 Å². The van der Waals surface area contributed by atoms with Gasteiger partial charge in [-0.05, 0) is 42.4 Å². The van der Waals surface area contributed by atoms with Crippen LogP contribution in [0, 0.1) is 5.92 Å². The van der Waals surface area contributed by atoms with Crippen LogP contribution in [-0.2, 0) is 0 Å². The molecule has 1 aliphatic carbocycles. The van der Waals surface area contributed by atoms with Crippen LogP contribution >= 0.6 is 0 Å². The van der Waals surface area contributed by atoms with E-state index in [0.717, 1.165) is 11.9 Å². The number of fused-ring (bicyclic) bond motifs is 1. The average molecular weight is 226 g/mol. The van der Waals surface area contributed by atoms with Gasteiger partial charge in [0.05, 0.1) is 5.52 Å². The Bertz CT molecular complexity index is 535. The maximum Gasteiger partial charge on any atom is 0.0702 e. The maximum atomic E-state index is 6.10. The highest BCUT2D eigenvalue weighted by Gasteiger charge is 2.31. The van der Waals surface area contributed by atoms with Crippen LogP contribution in [0.1, 0.15) is 31.2 Å². The molecule has 1 saturated carbocycles. The van der Waals surface area contributed by atoms with E-state index < -0.39 is 0 Å². The molecule has 3 atom stereocenters. The first kappa shape index (κ1) is 10.7. The van der Waals surface area contributed by atoms with Crippen molar-refractivity contribution >= 4 is 10.9 Å². The van der Waals surface area contributed by atoms with Crippen LogP contribution in [0.3, 0.4) is 0 Å². The Morgan fingerprint density at radius 2 is 2.06 bits per heavy atom. The van der Waals surface area contributed by atoms with E-state index in [4.69, 9.17) is 5.73 Å². The Morgan fingerprint density at radius 1 is 1.24 bits per heavy atom. The molecule has 0 aliphatic heterocycles. The summed E-state index contributed by atoms with van der Waals surface area (Å²) in [5, 5.41) is 1.23. The van der Waals surface area contributed by atoms with Crippen LogP contribution < -0.4 is 5.73 Å². The number of para-hydroxylation sites is 1. The Morgan fingerprint density at radius 3 is 2.82 bits per heavy atom. The number of pyridine rings is 1. The molecule has 0 bridgehead atoms. The second-order valence-corrected chi connectivity index (χ2v) is 5.17. The van der Waals surface area contributed by atoms with E-state index in [2.05, 4.69) is 36.2 Å². The van der Waals surface area contributed by atoms with E-state index >= 15 is 0 Å². The highest BCUT2D eigenvalue weighted by molar-refractivity contribution is 5.78. The minimum Gasteiger partial charge on any atom is -0.327 e. The van der Waals surface area contributed by atoms with Gasteiger partial charge < -0.3 is 5.73 Å². The van der Waals surface area contributed by atoms with E-state index in [0.29, 0.717) is 17.9 Å². The Labute approximate surface area is 102 Å². The summed E-state index contributed by atoms with van der Waals surface area (Å²) in [6.07, 6.45) is 4.36. The van der Waals surface area contributed by atoms with E-state index in [1.54, 1.807) is 0 Å². The van der Waals surface area contributed by atoms with E-state index in [1.165, 1.54) is 17.4 Å². The van der Waals surface area contributed by atoms with Gasteiger partial charge in [0.25, 0.3) is 0 Å². The number of aromatic nitrogens is 1. The maximum absolute atomic E-state index is 6.10. The zero-order chi connectivity index (χ0) is 11.8. The summed E-state index contributed by atoms with van der Waals surface area (Å²) in [7, 11) is 0. The van der Waals surface area contributed by atoms with Crippen molar-refractivity contribution in [2.75, 3.05) is 0 Å². The van der Waals surface area contributed by atoms with Gasteiger partial charge in [0.15, 0.2) is 0 Å². The smallest absolute Gasteiger partial charge is 0.0702 e. The third-order valence-corrected chi connectivity index (χ3v) is 4.16. The first-order valence-corrected chi connectivity index (χ1v) is 6.36. The van der Waals surface area contributed by atoms with E-state index in [1.807, 2.05) is 12.3 Å². The number of nitrogens with two attached hydrogens (primary N) is 1. The normalized spacial score (nSPS) is 28.7. The predicted molar refractivity (Wildman–Crippen MR) is 70.9 cm³/mol. The molecule has 0 amide bonds. The molecule has 2 heteroatoms. The lowest BCUT2D eigenvalue weighted by atomic mass is 9.89. The molecule has 0 spiro atoms. The molecule has 88 valence electrons.